The number of nitrogens with one attached hydrogen (secondary N) is 1. The summed E-state index contributed by atoms with van der Waals surface area (Å²) in [5.41, 5.74) is 3.65. The molecule has 0 unspecified atom stereocenters. The molecular weight excluding hydrogens is 477 g/mol. The summed E-state index contributed by atoms with van der Waals surface area (Å²) in [6.45, 7) is 4.68. The SMILES string of the molecule is Cc1nn(Cc2cccc(NC(=O)c3ccc(COc4ccc(F)cc4)o3)c2)c(C)c1Br. The number of furan rings is 1. The van der Waals surface area contributed by atoms with Gasteiger partial charge in [-0.1, -0.05) is 12.1 Å². The zero-order valence-corrected chi connectivity index (χ0v) is 19.1. The fourth-order valence-electron chi connectivity index (χ4n) is 3.20. The summed E-state index contributed by atoms with van der Waals surface area (Å²) in [7, 11) is 0. The van der Waals surface area contributed by atoms with Gasteiger partial charge >= 0.3 is 0 Å². The number of halogens is 2. The van der Waals surface area contributed by atoms with Gasteiger partial charge in [-0.2, -0.15) is 5.10 Å². The minimum absolute atomic E-state index is 0.132. The molecule has 6 nitrogen and oxygen atoms in total. The number of benzene rings is 2. The molecule has 0 saturated carbocycles. The first-order chi connectivity index (χ1) is 15.4. The summed E-state index contributed by atoms with van der Waals surface area (Å²) in [6, 6.07) is 16.6. The highest BCUT2D eigenvalue weighted by atomic mass is 79.9. The van der Waals surface area contributed by atoms with Gasteiger partial charge in [0.05, 0.1) is 22.4 Å². The van der Waals surface area contributed by atoms with Crippen molar-refractivity contribution in [2.75, 3.05) is 5.32 Å². The molecule has 2 heterocycles. The van der Waals surface area contributed by atoms with Crippen molar-refractivity contribution in [3.05, 3.63) is 99.4 Å². The number of nitrogens with zero attached hydrogens (tertiary/aromatic N) is 2. The third-order valence-corrected chi connectivity index (χ3v) is 6.04. The lowest BCUT2D eigenvalue weighted by Crippen LogP contribution is -2.11. The van der Waals surface area contributed by atoms with Crippen LogP contribution in [0.1, 0.15) is 33.3 Å². The monoisotopic (exact) mass is 497 g/mol. The maximum atomic E-state index is 13.0. The van der Waals surface area contributed by atoms with Crippen molar-refractivity contribution in [3.8, 4) is 5.75 Å². The van der Waals surface area contributed by atoms with Gasteiger partial charge in [-0.25, -0.2) is 4.39 Å². The van der Waals surface area contributed by atoms with Gasteiger partial charge < -0.3 is 14.5 Å². The number of rotatable bonds is 7. The molecule has 0 fully saturated rings. The highest BCUT2D eigenvalue weighted by Crippen LogP contribution is 2.22. The molecule has 8 heteroatoms. The first kappa shape index (κ1) is 21.8. The van der Waals surface area contributed by atoms with Gasteiger partial charge in [0, 0.05) is 5.69 Å². The van der Waals surface area contributed by atoms with Crippen LogP contribution in [0.3, 0.4) is 0 Å². The number of hydrogen-bond acceptors (Lipinski definition) is 4. The van der Waals surface area contributed by atoms with Gasteiger partial charge in [-0.05, 0) is 83.9 Å². The van der Waals surface area contributed by atoms with Crippen LogP contribution in [0.15, 0.2) is 69.6 Å². The molecule has 0 aliphatic rings. The molecule has 0 atom stereocenters. The van der Waals surface area contributed by atoms with Crippen molar-refractivity contribution in [2.24, 2.45) is 0 Å². The second kappa shape index (κ2) is 9.40. The number of carbonyl (C=O) groups excluding carboxylic acids is 1. The maximum absolute atomic E-state index is 13.0. The normalized spacial score (nSPS) is 10.9. The number of hydrogen-bond donors (Lipinski definition) is 1. The topological polar surface area (TPSA) is 69.3 Å². The van der Waals surface area contributed by atoms with Crippen LogP contribution in [0, 0.1) is 19.7 Å². The smallest absolute Gasteiger partial charge is 0.291 e. The summed E-state index contributed by atoms with van der Waals surface area (Å²) < 4.78 is 27.0. The van der Waals surface area contributed by atoms with Crippen LogP contribution < -0.4 is 10.1 Å². The zero-order valence-electron chi connectivity index (χ0n) is 17.6. The van der Waals surface area contributed by atoms with E-state index in [0.717, 1.165) is 21.4 Å². The molecule has 4 aromatic rings. The van der Waals surface area contributed by atoms with E-state index in [1.807, 2.05) is 42.8 Å². The Balaban J connectivity index is 1.38. The Morgan fingerprint density at radius 1 is 1.16 bits per heavy atom. The first-order valence-electron chi connectivity index (χ1n) is 9.96. The largest absolute Gasteiger partial charge is 0.486 e. The van der Waals surface area contributed by atoms with Crippen molar-refractivity contribution in [3.63, 3.8) is 0 Å². The molecule has 2 aromatic carbocycles. The van der Waals surface area contributed by atoms with E-state index in [-0.39, 0.29) is 24.1 Å². The van der Waals surface area contributed by atoms with Crippen molar-refractivity contribution in [2.45, 2.75) is 27.0 Å². The molecule has 0 radical (unpaired) electrons. The van der Waals surface area contributed by atoms with Gasteiger partial charge in [-0.3, -0.25) is 9.48 Å². The Hall–Kier alpha value is -3.39. The predicted octanol–water partition coefficient (Wildman–Crippen LogP) is 5.87. The Morgan fingerprint density at radius 2 is 1.94 bits per heavy atom. The number of aryl methyl sites for hydroxylation is 1. The second-order valence-corrected chi connectivity index (χ2v) is 8.10. The lowest BCUT2D eigenvalue weighted by Gasteiger charge is -2.08. The number of aromatic nitrogens is 2. The van der Waals surface area contributed by atoms with Crippen LogP contribution in [-0.4, -0.2) is 15.7 Å². The first-order valence-corrected chi connectivity index (χ1v) is 10.8. The van der Waals surface area contributed by atoms with Crippen LogP contribution in [0.5, 0.6) is 5.75 Å². The molecule has 0 aliphatic carbocycles. The molecule has 32 heavy (non-hydrogen) atoms. The summed E-state index contributed by atoms with van der Waals surface area (Å²) in [4.78, 5) is 12.6. The number of anilines is 1. The zero-order chi connectivity index (χ0) is 22.7. The van der Waals surface area contributed by atoms with Crippen molar-refractivity contribution in [1.82, 2.24) is 9.78 Å². The lowest BCUT2D eigenvalue weighted by atomic mass is 10.2. The van der Waals surface area contributed by atoms with Crippen LogP contribution in [-0.2, 0) is 13.2 Å². The summed E-state index contributed by atoms with van der Waals surface area (Å²) in [5.74, 6) is 0.490. The lowest BCUT2D eigenvalue weighted by molar-refractivity contribution is 0.0992. The Kier molecular flexibility index (Phi) is 6.41. The van der Waals surface area contributed by atoms with Gasteiger partial charge in [0.25, 0.3) is 5.91 Å². The third kappa shape index (κ3) is 5.08. The van der Waals surface area contributed by atoms with Gasteiger partial charge in [0.2, 0.25) is 0 Å². The van der Waals surface area contributed by atoms with Gasteiger partial charge in [0.15, 0.2) is 5.76 Å². The second-order valence-electron chi connectivity index (χ2n) is 7.31. The Labute approximate surface area is 193 Å². The summed E-state index contributed by atoms with van der Waals surface area (Å²) >= 11 is 3.54. The van der Waals surface area contributed by atoms with E-state index in [1.165, 1.54) is 24.3 Å². The van der Waals surface area contributed by atoms with Gasteiger partial charge in [0.1, 0.15) is 23.9 Å². The van der Waals surface area contributed by atoms with E-state index in [0.29, 0.717) is 23.7 Å². The third-order valence-electron chi connectivity index (χ3n) is 4.89. The highest BCUT2D eigenvalue weighted by Gasteiger charge is 2.13. The van der Waals surface area contributed by atoms with Crippen LogP contribution in [0.4, 0.5) is 10.1 Å². The van der Waals surface area contributed by atoms with Crippen molar-refractivity contribution in [1.29, 1.82) is 0 Å². The standard InChI is InChI=1S/C24H21BrFN3O3/c1-15-23(25)16(2)29(28-15)13-17-4-3-5-19(12-17)27-24(30)22-11-10-21(32-22)14-31-20-8-6-18(26)7-9-20/h3-12H,13-14H2,1-2H3,(H,27,30). The molecule has 164 valence electrons. The molecule has 0 bridgehead atoms. The summed E-state index contributed by atoms with van der Waals surface area (Å²) in [5, 5.41) is 7.38. The molecule has 0 spiro atoms. The summed E-state index contributed by atoms with van der Waals surface area (Å²) in [6.07, 6.45) is 0. The van der Waals surface area contributed by atoms with E-state index in [4.69, 9.17) is 9.15 Å². The minimum Gasteiger partial charge on any atom is -0.486 e. The fourth-order valence-corrected chi connectivity index (χ4v) is 3.49. The minimum atomic E-state index is -0.357. The number of ether oxygens (including phenoxy) is 1. The maximum Gasteiger partial charge on any atom is 0.291 e. The van der Waals surface area contributed by atoms with E-state index >= 15 is 0 Å². The number of carbonyl (C=O) groups is 1. The van der Waals surface area contributed by atoms with E-state index in [1.54, 1.807) is 12.1 Å². The Bertz CT molecular complexity index is 1250. The Morgan fingerprint density at radius 3 is 2.66 bits per heavy atom. The average molecular weight is 498 g/mol. The molecule has 1 amide bonds. The average Bonchev–Trinajstić information content (AvgIpc) is 3.35. The van der Waals surface area contributed by atoms with E-state index in [2.05, 4.69) is 26.3 Å². The predicted molar refractivity (Wildman–Crippen MR) is 122 cm³/mol. The van der Waals surface area contributed by atoms with E-state index in [9.17, 15) is 9.18 Å². The molecule has 1 N–H and O–H groups in total. The van der Waals surface area contributed by atoms with Crippen molar-refractivity contribution < 1.29 is 18.3 Å². The number of amides is 1. The van der Waals surface area contributed by atoms with Crippen molar-refractivity contribution >= 4 is 27.5 Å². The van der Waals surface area contributed by atoms with Crippen LogP contribution in [0.25, 0.3) is 0 Å². The quantitative estimate of drug-likeness (QED) is 0.346. The van der Waals surface area contributed by atoms with Gasteiger partial charge in [-0.15, -0.1) is 0 Å². The van der Waals surface area contributed by atoms with Crippen LogP contribution in [0.2, 0.25) is 0 Å². The highest BCUT2D eigenvalue weighted by molar-refractivity contribution is 9.10. The molecule has 0 saturated heterocycles. The van der Waals surface area contributed by atoms with Crippen LogP contribution >= 0.6 is 15.9 Å². The molecule has 4 rings (SSSR count). The molecule has 0 aliphatic heterocycles. The fraction of sp³-hybridized carbons (Fsp3) is 0.167. The molecule has 2 aromatic heterocycles. The molecular formula is C24H21BrFN3O3. The van der Waals surface area contributed by atoms with E-state index < -0.39 is 0 Å².